The Morgan fingerprint density at radius 3 is 2.48 bits per heavy atom. The van der Waals surface area contributed by atoms with Crippen LogP contribution >= 0.6 is 0 Å². The predicted octanol–water partition coefficient (Wildman–Crippen LogP) is 4.20. The highest BCUT2D eigenvalue weighted by molar-refractivity contribution is 5.39. The molecule has 3 heteroatoms. The van der Waals surface area contributed by atoms with Gasteiger partial charge in [-0.1, -0.05) is 63.4 Å². The van der Waals surface area contributed by atoms with Gasteiger partial charge in [0.05, 0.1) is 12.2 Å². The van der Waals surface area contributed by atoms with Gasteiger partial charge in [-0.15, -0.1) is 0 Å². The minimum atomic E-state index is 0.817. The highest BCUT2D eigenvalue weighted by Gasteiger charge is 2.13. The maximum absolute atomic E-state index is 6.34. The zero-order chi connectivity index (χ0) is 15.1. The Kier molecular flexibility index (Phi) is 5.85. The van der Waals surface area contributed by atoms with Crippen LogP contribution in [0.1, 0.15) is 56.6 Å². The van der Waals surface area contributed by atoms with Crippen LogP contribution in [0.25, 0.3) is 0 Å². The van der Waals surface area contributed by atoms with Crippen molar-refractivity contribution in [3.05, 3.63) is 47.4 Å². The lowest BCUT2D eigenvalue weighted by atomic mass is 10.1. The van der Waals surface area contributed by atoms with E-state index in [0.29, 0.717) is 0 Å². The fourth-order valence-corrected chi connectivity index (χ4v) is 2.68. The fraction of sp³-hybridized carbons (Fsp3) is 0.500. The van der Waals surface area contributed by atoms with E-state index in [2.05, 4.69) is 42.7 Å². The summed E-state index contributed by atoms with van der Waals surface area (Å²) in [5, 5.41) is 0. The van der Waals surface area contributed by atoms with Crippen molar-refractivity contribution < 1.29 is 0 Å². The smallest absolute Gasteiger partial charge is 0.127 e. The maximum atomic E-state index is 6.34. The van der Waals surface area contributed by atoms with Gasteiger partial charge in [-0.2, -0.15) is 0 Å². The molecule has 2 rings (SSSR count). The molecule has 0 saturated heterocycles. The topological polar surface area (TPSA) is 43.8 Å². The van der Waals surface area contributed by atoms with Crippen LogP contribution < -0.4 is 5.73 Å². The van der Waals surface area contributed by atoms with Gasteiger partial charge >= 0.3 is 0 Å². The zero-order valence-corrected chi connectivity index (χ0v) is 13.3. The van der Waals surface area contributed by atoms with Gasteiger partial charge < -0.3 is 10.3 Å². The lowest BCUT2D eigenvalue weighted by molar-refractivity contribution is 0.662. The number of nitrogen functional groups attached to an aromatic ring is 1. The normalized spacial score (nSPS) is 11.0. The second kappa shape index (κ2) is 7.87. The third-order valence-corrected chi connectivity index (χ3v) is 3.93. The number of anilines is 1. The summed E-state index contributed by atoms with van der Waals surface area (Å²) in [4.78, 5) is 4.76. The van der Waals surface area contributed by atoms with Crippen LogP contribution in [0.4, 0.5) is 5.82 Å². The third-order valence-electron chi connectivity index (χ3n) is 3.93. The molecule has 0 aliphatic heterocycles. The number of benzene rings is 1. The number of unbranched alkanes of at least 4 members (excludes halogenated alkanes) is 3. The molecule has 0 fully saturated rings. The summed E-state index contributed by atoms with van der Waals surface area (Å²) >= 11 is 0. The van der Waals surface area contributed by atoms with Gasteiger partial charge in [-0.3, -0.25) is 0 Å². The van der Waals surface area contributed by atoms with E-state index in [-0.39, 0.29) is 0 Å². The van der Waals surface area contributed by atoms with E-state index in [0.717, 1.165) is 36.7 Å². The summed E-state index contributed by atoms with van der Waals surface area (Å²) in [6, 6.07) is 10.5. The molecule has 0 bridgehead atoms. The Bertz CT molecular complexity index is 543. The van der Waals surface area contributed by atoms with Crippen molar-refractivity contribution in [2.75, 3.05) is 5.73 Å². The Morgan fingerprint density at radius 2 is 1.81 bits per heavy atom. The van der Waals surface area contributed by atoms with E-state index in [4.69, 9.17) is 10.7 Å². The summed E-state index contributed by atoms with van der Waals surface area (Å²) in [7, 11) is 0. The lowest BCUT2D eigenvalue weighted by Gasteiger charge is -2.09. The summed E-state index contributed by atoms with van der Waals surface area (Å²) in [6.07, 6.45) is 6.93. The van der Waals surface area contributed by atoms with Crippen molar-refractivity contribution >= 4 is 5.82 Å². The second-order valence-electron chi connectivity index (χ2n) is 5.60. The van der Waals surface area contributed by atoms with Gasteiger partial charge in [0.1, 0.15) is 11.6 Å². The summed E-state index contributed by atoms with van der Waals surface area (Å²) in [5.74, 6) is 1.95. The number of aromatic nitrogens is 2. The molecule has 114 valence electrons. The molecule has 1 aromatic heterocycles. The van der Waals surface area contributed by atoms with Crippen LogP contribution in [0.2, 0.25) is 0 Å². The van der Waals surface area contributed by atoms with Crippen molar-refractivity contribution in [3.63, 3.8) is 0 Å². The molecule has 2 N–H and O–H groups in total. The molecule has 0 radical (unpaired) electrons. The average molecular weight is 285 g/mol. The minimum absolute atomic E-state index is 0.817. The van der Waals surface area contributed by atoms with Crippen molar-refractivity contribution in [1.82, 2.24) is 9.55 Å². The average Bonchev–Trinajstić information content (AvgIpc) is 2.81. The Hall–Kier alpha value is -1.77. The van der Waals surface area contributed by atoms with E-state index < -0.39 is 0 Å². The summed E-state index contributed by atoms with van der Waals surface area (Å²) < 4.78 is 2.17. The van der Waals surface area contributed by atoms with E-state index in [1.165, 1.54) is 31.2 Å². The monoisotopic (exact) mass is 285 g/mol. The fourth-order valence-electron chi connectivity index (χ4n) is 2.68. The first-order chi connectivity index (χ1) is 10.3. The molecule has 0 saturated carbocycles. The van der Waals surface area contributed by atoms with Gasteiger partial charge in [0.25, 0.3) is 0 Å². The quantitative estimate of drug-likeness (QED) is 0.739. The van der Waals surface area contributed by atoms with Gasteiger partial charge in [0.2, 0.25) is 0 Å². The van der Waals surface area contributed by atoms with Crippen molar-refractivity contribution in [2.45, 2.75) is 58.9 Å². The van der Waals surface area contributed by atoms with E-state index >= 15 is 0 Å². The highest BCUT2D eigenvalue weighted by atomic mass is 15.1. The van der Waals surface area contributed by atoms with Gasteiger partial charge in [-0.25, -0.2) is 4.98 Å². The minimum Gasteiger partial charge on any atom is -0.384 e. The molecule has 0 unspecified atom stereocenters. The molecule has 0 spiro atoms. The first-order valence-corrected chi connectivity index (χ1v) is 8.13. The summed E-state index contributed by atoms with van der Waals surface area (Å²) in [6.45, 7) is 5.19. The Morgan fingerprint density at radius 1 is 1.05 bits per heavy atom. The largest absolute Gasteiger partial charge is 0.384 e. The molecule has 0 aliphatic carbocycles. The van der Waals surface area contributed by atoms with E-state index in [1.54, 1.807) is 0 Å². The molecular formula is C18H27N3. The van der Waals surface area contributed by atoms with Crippen molar-refractivity contribution in [3.8, 4) is 0 Å². The number of nitrogens with two attached hydrogens (primary N) is 1. The van der Waals surface area contributed by atoms with E-state index in [9.17, 15) is 0 Å². The Labute approximate surface area is 128 Å². The first kappa shape index (κ1) is 15.6. The number of rotatable bonds is 8. The molecule has 1 aromatic carbocycles. The molecule has 1 heterocycles. The van der Waals surface area contributed by atoms with Crippen molar-refractivity contribution in [1.29, 1.82) is 0 Å². The van der Waals surface area contributed by atoms with Crippen LogP contribution in [-0.2, 0) is 19.4 Å². The van der Waals surface area contributed by atoms with Crippen LogP contribution in [0.3, 0.4) is 0 Å². The molecule has 0 aliphatic rings. The van der Waals surface area contributed by atoms with Gasteiger partial charge in [0.15, 0.2) is 0 Å². The van der Waals surface area contributed by atoms with Gasteiger partial charge in [-0.05, 0) is 18.4 Å². The summed E-state index contributed by atoms with van der Waals surface area (Å²) in [5.41, 5.74) is 8.70. The van der Waals surface area contributed by atoms with Gasteiger partial charge in [0, 0.05) is 6.42 Å². The molecule has 3 nitrogen and oxygen atoms in total. The first-order valence-electron chi connectivity index (χ1n) is 8.13. The number of hydrogen-bond acceptors (Lipinski definition) is 2. The van der Waals surface area contributed by atoms with Crippen LogP contribution in [-0.4, -0.2) is 9.55 Å². The lowest BCUT2D eigenvalue weighted by Crippen LogP contribution is -2.08. The molecule has 21 heavy (non-hydrogen) atoms. The predicted molar refractivity (Wildman–Crippen MR) is 89.4 cm³/mol. The number of imidazole rings is 1. The van der Waals surface area contributed by atoms with Crippen LogP contribution in [0.15, 0.2) is 30.3 Å². The highest BCUT2D eigenvalue weighted by Crippen LogP contribution is 2.19. The van der Waals surface area contributed by atoms with E-state index in [1.807, 2.05) is 6.07 Å². The zero-order valence-electron chi connectivity index (χ0n) is 13.3. The molecule has 0 amide bonds. The molecule has 2 aromatic rings. The van der Waals surface area contributed by atoms with Crippen LogP contribution in [0.5, 0.6) is 0 Å². The SMILES string of the molecule is CCCCCCc1nc(CC)n(Cc2ccccc2)c1N. The number of nitrogens with zero attached hydrogens (tertiary/aromatic N) is 2. The molecular weight excluding hydrogens is 258 g/mol. The Balaban J connectivity index is 2.11. The third kappa shape index (κ3) is 4.10. The second-order valence-corrected chi connectivity index (χ2v) is 5.60. The van der Waals surface area contributed by atoms with Crippen molar-refractivity contribution in [2.24, 2.45) is 0 Å². The number of hydrogen-bond donors (Lipinski definition) is 1. The standard InChI is InChI=1S/C18H27N3/c1-3-5-6-10-13-16-18(19)21(17(4-2)20-16)14-15-11-8-7-9-12-15/h7-9,11-12H,3-6,10,13-14,19H2,1-2H3. The number of aryl methyl sites for hydroxylation is 2. The van der Waals surface area contributed by atoms with Crippen LogP contribution in [0, 0.1) is 0 Å². The maximum Gasteiger partial charge on any atom is 0.127 e. The molecule has 0 atom stereocenters.